The Balaban J connectivity index is 2.00. The molecule has 0 saturated heterocycles. The van der Waals surface area contributed by atoms with Gasteiger partial charge in [-0.1, -0.05) is 41.9 Å². The van der Waals surface area contributed by atoms with Gasteiger partial charge in [-0.05, 0) is 68.7 Å². The lowest BCUT2D eigenvalue weighted by Gasteiger charge is -2.15. The minimum atomic E-state index is 0.704. The summed E-state index contributed by atoms with van der Waals surface area (Å²) >= 11 is 6.26. The number of imidazole rings is 1. The maximum absolute atomic E-state index is 6.26. The normalized spacial score (nSPS) is 11.1. The Morgan fingerprint density at radius 2 is 1.59 bits per heavy atom. The number of nitrogens with zero attached hydrogens (tertiary/aromatic N) is 2. The minimum absolute atomic E-state index is 0.704. The molecule has 27 heavy (non-hydrogen) atoms. The summed E-state index contributed by atoms with van der Waals surface area (Å²) in [6.07, 6.45) is 0. The van der Waals surface area contributed by atoms with Gasteiger partial charge in [0.05, 0.1) is 0 Å². The number of aryl methyl sites for hydroxylation is 4. The summed E-state index contributed by atoms with van der Waals surface area (Å²) in [7, 11) is 0. The van der Waals surface area contributed by atoms with Crippen molar-refractivity contribution in [1.29, 1.82) is 0 Å². The van der Waals surface area contributed by atoms with E-state index in [0.717, 1.165) is 34.1 Å². The van der Waals surface area contributed by atoms with Crippen molar-refractivity contribution in [2.75, 3.05) is 5.32 Å². The quantitative estimate of drug-likeness (QED) is 0.435. The number of anilines is 2. The van der Waals surface area contributed by atoms with Gasteiger partial charge in [-0.3, -0.25) is 4.40 Å². The van der Waals surface area contributed by atoms with Gasteiger partial charge in [0.1, 0.15) is 17.2 Å². The van der Waals surface area contributed by atoms with Crippen molar-refractivity contribution in [3.8, 4) is 11.3 Å². The van der Waals surface area contributed by atoms with Gasteiger partial charge in [0.15, 0.2) is 0 Å². The van der Waals surface area contributed by atoms with E-state index in [0.29, 0.717) is 5.02 Å². The number of aromatic nitrogens is 2. The molecule has 2 aromatic heterocycles. The van der Waals surface area contributed by atoms with Crippen molar-refractivity contribution in [2.24, 2.45) is 0 Å². The topological polar surface area (TPSA) is 29.3 Å². The third kappa shape index (κ3) is 3.19. The van der Waals surface area contributed by atoms with E-state index < -0.39 is 0 Å². The molecule has 4 heteroatoms. The lowest BCUT2D eigenvalue weighted by atomic mass is 10.1. The molecule has 1 N–H and O–H groups in total. The van der Waals surface area contributed by atoms with E-state index in [2.05, 4.69) is 67.7 Å². The molecule has 0 aliphatic carbocycles. The van der Waals surface area contributed by atoms with Crippen LogP contribution in [-0.4, -0.2) is 9.38 Å². The standard InChI is InChI=1S/C23H22ClN3/c1-14-11-17(4)27-20(12-14)25-22(18-9-6-10-19(24)13-18)23(27)26-21-15(2)7-5-8-16(21)3/h5-13,26H,1-4H3. The van der Waals surface area contributed by atoms with Gasteiger partial charge in [-0.15, -0.1) is 0 Å². The molecule has 136 valence electrons. The first-order valence-electron chi connectivity index (χ1n) is 9.03. The molecule has 0 amide bonds. The summed E-state index contributed by atoms with van der Waals surface area (Å²) in [4.78, 5) is 4.94. The van der Waals surface area contributed by atoms with E-state index in [1.54, 1.807) is 0 Å². The average molecular weight is 376 g/mol. The van der Waals surface area contributed by atoms with E-state index in [-0.39, 0.29) is 0 Å². The van der Waals surface area contributed by atoms with Gasteiger partial charge in [0.2, 0.25) is 0 Å². The maximum Gasteiger partial charge on any atom is 0.143 e. The number of benzene rings is 2. The third-order valence-electron chi connectivity index (χ3n) is 4.87. The Kier molecular flexibility index (Phi) is 4.40. The van der Waals surface area contributed by atoms with Crippen molar-refractivity contribution in [1.82, 2.24) is 9.38 Å². The molecule has 0 fully saturated rings. The van der Waals surface area contributed by atoms with E-state index in [9.17, 15) is 0 Å². The molecule has 3 nitrogen and oxygen atoms in total. The van der Waals surface area contributed by atoms with Crippen LogP contribution in [0.5, 0.6) is 0 Å². The van der Waals surface area contributed by atoms with Crippen LogP contribution in [0.25, 0.3) is 16.9 Å². The van der Waals surface area contributed by atoms with E-state index >= 15 is 0 Å². The number of pyridine rings is 1. The maximum atomic E-state index is 6.26. The fraction of sp³-hybridized carbons (Fsp3) is 0.174. The van der Waals surface area contributed by atoms with Crippen LogP contribution in [0.15, 0.2) is 54.6 Å². The number of hydrogen-bond donors (Lipinski definition) is 1. The second-order valence-corrected chi connectivity index (χ2v) is 7.52. The van der Waals surface area contributed by atoms with Gasteiger partial charge in [0.25, 0.3) is 0 Å². The predicted molar refractivity (Wildman–Crippen MR) is 114 cm³/mol. The molecule has 4 rings (SSSR count). The molecule has 0 saturated carbocycles. The molecule has 0 aliphatic heterocycles. The van der Waals surface area contributed by atoms with Crippen molar-refractivity contribution in [3.63, 3.8) is 0 Å². The molecule has 2 aromatic carbocycles. The fourth-order valence-corrected chi connectivity index (χ4v) is 3.80. The second kappa shape index (κ2) is 6.75. The lowest BCUT2D eigenvalue weighted by molar-refractivity contribution is 1.08. The molecule has 0 bridgehead atoms. The van der Waals surface area contributed by atoms with Gasteiger partial charge < -0.3 is 5.32 Å². The summed E-state index contributed by atoms with van der Waals surface area (Å²) in [6, 6.07) is 18.5. The Hall–Kier alpha value is -2.78. The van der Waals surface area contributed by atoms with E-state index in [1.165, 1.54) is 16.7 Å². The molecule has 2 heterocycles. The second-order valence-electron chi connectivity index (χ2n) is 7.08. The first-order valence-corrected chi connectivity index (χ1v) is 9.41. The highest BCUT2D eigenvalue weighted by atomic mass is 35.5. The van der Waals surface area contributed by atoms with Gasteiger partial charge in [0, 0.05) is 22.0 Å². The van der Waals surface area contributed by atoms with Crippen LogP contribution in [0.2, 0.25) is 5.02 Å². The van der Waals surface area contributed by atoms with Crippen LogP contribution < -0.4 is 5.32 Å². The first kappa shape index (κ1) is 17.6. The van der Waals surface area contributed by atoms with Crippen LogP contribution in [0.3, 0.4) is 0 Å². The Morgan fingerprint density at radius 1 is 0.889 bits per heavy atom. The summed E-state index contributed by atoms with van der Waals surface area (Å²) in [5.41, 5.74) is 8.67. The SMILES string of the molecule is Cc1cc(C)n2c(Nc3c(C)cccc3C)c(-c3cccc(Cl)c3)nc2c1. The third-order valence-corrected chi connectivity index (χ3v) is 5.11. The number of nitrogens with one attached hydrogen (secondary N) is 1. The van der Waals surface area contributed by atoms with Crippen molar-refractivity contribution in [2.45, 2.75) is 27.7 Å². The fourth-order valence-electron chi connectivity index (χ4n) is 3.61. The van der Waals surface area contributed by atoms with Gasteiger partial charge in [-0.25, -0.2) is 4.98 Å². The zero-order valence-electron chi connectivity index (χ0n) is 16.0. The van der Waals surface area contributed by atoms with Crippen LogP contribution in [0, 0.1) is 27.7 Å². The summed E-state index contributed by atoms with van der Waals surface area (Å²) in [5.74, 6) is 0.960. The number of fused-ring (bicyclic) bond motifs is 1. The van der Waals surface area contributed by atoms with Crippen molar-refractivity contribution in [3.05, 3.63) is 82.0 Å². The van der Waals surface area contributed by atoms with Crippen LogP contribution in [0.1, 0.15) is 22.4 Å². The number of para-hydroxylation sites is 1. The van der Waals surface area contributed by atoms with Gasteiger partial charge in [-0.2, -0.15) is 0 Å². The Labute approximate surface area is 164 Å². The zero-order chi connectivity index (χ0) is 19.1. The molecule has 0 aliphatic rings. The van der Waals surface area contributed by atoms with Crippen molar-refractivity contribution >= 4 is 28.8 Å². The number of hydrogen-bond acceptors (Lipinski definition) is 2. The van der Waals surface area contributed by atoms with Crippen molar-refractivity contribution < 1.29 is 0 Å². The van der Waals surface area contributed by atoms with E-state index in [1.807, 2.05) is 24.3 Å². The number of rotatable bonds is 3. The molecule has 4 aromatic rings. The predicted octanol–water partition coefficient (Wildman–Crippen LogP) is 6.63. The monoisotopic (exact) mass is 375 g/mol. The van der Waals surface area contributed by atoms with Crippen LogP contribution in [0.4, 0.5) is 11.5 Å². The Bertz CT molecular complexity index is 1140. The van der Waals surface area contributed by atoms with Gasteiger partial charge >= 0.3 is 0 Å². The first-order chi connectivity index (χ1) is 12.9. The summed E-state index contributed by atoms with van der Waals surface area (Å²) < 4.78 is 2.18. The average Bonchev–Trinajstić information content (AvgIpc) is 2.96. The summed E-state index contributed by atoms with van der Waals surface area (Å²) in [6.45, 7) is 8.45. The van der Waals surface area contributed by atoms with E-state index in [4.69, 9.17) is 16.6 Å². The zero-order valence-corrected chi connectivity index (χ0v) is 16.7. The highest BCUT2D eigenvalue weighted by molar-refractivity contribution is 6.30. The number of halogens is 1. The molecule has 0 atom stereocenters. The molecule has 0 radical (unpaired) electrons. The highest BCUT2D eigenvalue weighted by Crippen LogP contribution is 2.35. The summed E-state index contributed by atoms with van der Waals surface area (Å²) in [5, 5.41) is 4.37. The van der Waals surface area contributed by atoms with Crippen LogP contribution >= 0.6 is 11.6 Å². The minimum Gasteiger partial charge on any atom is -0.339 e. The largest absolute Gasteiger partial charge is 0.339 e. The lowest BCUT2D eigenvalue weighted by Crippen LogP contribution is -2.02. The Morgan fingerprint density at radius 3 is 2.30 bits per heavy atom. The molecular weight excluding hydrogens is 354 g/mol. The molecule has 0 unspecified atom stereocenters. The smallest absolute Gasteiger partial charge is 0.143 e. The highest BCUT2D eigenvalue weighted by Gasteiger charge is 2.17. The molecule has 0 spiro atoms. The van der Waals surface area contributed by atoms with Crippen LogP contribution in [-0.2, 0) is 0 Å². The molecular formula is C23H22ClN3.